The van der Waals surface area contributed by atoms with Crippen LogP contribution in [0.25, 0.3) is 0 Å². The smallest absolute Gasteiger partial charge is 0.273 e. The standard InChI is InChI=1S/C50H61N3O11/c1-3-25-62-50-46(52(47(56)22-18-33-11-4-5-12-33)31-34-17-20-44-45(26-34)61-32-60-44)30-42(51-59-2)40-27-35(13-6-8-23-54)39(16-7-9-24-55)48(49(40)50)41-29-38(19-21-43(41)64-50)63-37-15-10-14-36(28-37)53(57)58/h3,10,14-15,17,19-21,26-29,33,35,39,46,48-49,54-55H,1,4-9,11-13,16,18,22-25,30-32H2,2H3/t35-,39+,46-,48+,49+,50+/m0/s1. The summed E-state index contributed by atoms with van der Waals surface area (Å²) in [5.41, 5.74) is 3.30. The van der Waals surface area contributed by atoms with Crippen molar-refractivity contribution >= 4 is 17.3 Å². The molecule has 3 aromatic carbocycles. The van der Waals surface area contributed by atoms with E-state index in [1.165, 1.54) is 32.1 Å². The molecule has 3 aromatic rings. The second kappa shape index (κ2) is 20.6. The molecule has 0 bridgehead atoms. The molecule has 6 atom stereocenters. The fraction of sp³-hybridized carbons (Fsp3) is 0.520. The van der Waals surface area contributed by atoms with Crippen molar-refractivity contribution in [3.05, 3.63) is 106 Å². The van der Waals surface area contributed by atoms with Crippen LogP contribution in [0.15, 0.2) is 90.1 Å². The molecule has 3 aliphatic carbocycles. The molecule has 14 heteroatoms. The largest absolute Gasteiger partial charge is 0.459 e. The molecule has 14 nitrogen and oxygen atoms in total. The maximum absolute atomic E-state index is 15.2. The van der Waals surface area contributed by atoms with Gasteiger partial charge in [0.15, 0.2) is 11.5 Å². The van der Waals surface area contributed by atoms with Gasteiger partial charge in [0.05, 0.1) is 29.2 Å². The molecule has 0 aromatic heterocycles. The number of rotatable bonds is 21. The molecule has 342 valence electrons. The van der Waals surface area contributed by atoms with Crippen LogP contribution in [-0.2, 0) is 20.9 Å². The summed E-state index contributed by atoms with van der Waals surface area (Å²) < 4.78 is 32.4. The highest BCUT2D eigenvalue weighted by molar-refractivity contribution is 6.03. The van der Waals surface area contributed by atoms with Gasteiger partial charge in [-0.2, -0.15) is 0 Å². The fourth-order valence-corrected chi connectivity index (χ4v) is 11.0. The zero-order chi connectivity index (χ0) is 44.6. The summed E-state index contributed by atoms with van der Waals surface area (Å²) in [5.74, 6) is 0.988. The van der Waals surface area contributed by atoms with Gasteiger partial charge in [0.25, 0.3) is 5.69 Å². The monoisotopic (exact) mass is 879 g/mol. The average molecular weight is 880 g/mol. The molecule has 8 rings (SSSR count). The minimum absolute atomic E-state index is 0.00401. The molecule has 1 amide bonds. The van der Waals surface area contributed by atoms with E-state index >= 15 is 4.79 Å². The van der Waals surface area contributed by atoms with E-state index in [4.69, 9.17) is 33.7 Å². The normalized spacial score (nSPS) is 24.9. The third-order valence-corrected chi connectivity index (χ3v) is 13.8. The molecular weight excluding hydrogens is 819 g/mol. The molecule has 5 aliphatic rings. The number of oxime groups is 1. The van der Waals surface area contributed by atoms with Crippen LogP contribution in [-0.4, -0.2) is 77.2 Å². The molecule has 64 heavy (non-hydrogen) atoms. The minimum Gasteiger partial charge on any atom is -0.459 e. The van der Waals surface area contributed by atoms with Gasteiger partial charge in [0.1, 0.15) is 30.4 Å². The Morgan fingerprint density at radius 3 is 2.50 bits per heavy atom. The lowest BCUT2D eigenvalue weighted by Gasteiger charge is -2.60. The van der Waals surface area contributed by atoms with Gasteiger partial charge in [0.2, 0.25) is 18.5 Å². The molecule has 0 saturated heterocycles. The van der Waals surface area contributed by atoms with Gasteiger partial charge in [-0.1, -0.05) is 68.0 Å². The maximum Gasteiger partial charge on any atom is 0.273 e. The van der Waals surface area contributed by atoms with E-state index in [0.717, 1.165) is 61.6 Å². The summed E-state index contributed by atoms with van der Waals surface area (Å²) in [6, 6.07) is 16.8. The van der Waals surface area contributed by atoms with Crippen LogP contribution in [0.2, 0.25) is 0 Å². The fourth-order valence-electron chi connectivity index (χ4n) is 11.0. The van der Waals surface area contributed by atoms with Crippen molar-refractivity contribution in [2.45, 2.75) is 108 Å². The summed E-state index contributed by atoms with van der Waals surface area (Å²) in [5, 5.41) is 36.3. The molecule has 0 spiro atoms. The van der Waals surface area contributed by atoms with Gasteiger partial charge in [-0.05, 0) is 97.4 Å². The number of benzene rings is 3. The third kappa shape index (κ3) is 9.50. The Labute approximate surface area is 375 Å². The van der Waals surface area contributed by atoms with Gasteiger partial charge in [0, 0.05) is 50.1 Å². The van der Waals surface area contributed by atoms with Crippen LogP contribution < -0.4 is 18.9 Å². The van der Waals surface area contributed by atoms with Crippen molar-refractivity contribution in [3.8, 4) is 28.7 Å². The van der Waals surface area contributed by atoms with Crippen molar-refractivity contribution in [1.82, 2.24) is 4.90 Å². The van der Waals surface area contributed by atoms with Crippen LogP contribution in [0.1, 0.15) is 101 Å². The number of nitro benzene ring substituents is 1. The van der Waals surface area contributed by atoms with Crippen LogP contribution in [0, 0.1) is 33.8 Å². The zero-order valence-electron chi connectivity index (χ0n) is 36.7. The predicted octanol–water partition coefficient (Wildman–Crippen LogP) is 9.38. The van der Waals surface area contributed by atoms with E-state index in [9.17, 15) is 20.3 Å². The number of carbonyl (C=O) groups excluding carboxylic acids is 1. The van der Waals surface area contributed by atoms with Crippen molar-refractivity contribution in [2.75, 3.05) is 33.7 Å². The molecule has 2 saturated carbocycles. The highest BCUT2D eigenvalue weighted by atomic mass is 16.7. The number of aliphatic hydroxyl groups excluding tert-OH is 2. The summed E-state index contributed by atoms with van der Waals surface area (Å²) in [6.07, 6.45) is 14.5. The Morgan fingerprint density at radius 1 is 0.969 bits per heavy atom. The lowest BCUT2D eigenvalue weighted by molar-refractivity contribution is -0.384. The molecule has 2 N–H and O–H groups in total. The summed E-state index contributed by atoms with van der Waals surface area (Å²) in [6.45, 7) is 4.72. The highest BCUT2D eigenvalue weighted by Crippen LogP contribution is 2.62. The van der Waals surface area contributed by atoms with Gasteiger partial charge < -0.3 is 43.6 Å². The Bertz CT molecular complexity index is 2200. The molecular formula is C50H61N3O11. The lowest BCUT2D eigenvalue weighted by Crippen LogP contribution is -2.70. The number of hydrogen-bond donors (Lipinski definition) is 2. The average Bonchev–Trinajstić information content (AvgIpc) is 4.01. The van der Waals surface area contributed by atoms with Crippen LogP contribution in [0.4, 0.5) is 5.69 Å². The van der Waals surface area contributed by atoms with Gasteiger partial charge in [-0.15, -0.1) is 6.58 Å². The maximum atomic E-state index is 15.2. The summed E-state index contributed by atoms with van der Waals surface area (Å²) in [4.78, 5) is 34.0. The Hall–Kier alpha value is -5.44. The zero-order valence-corrected chi connectivity index (χ0v) is 36.7. The van der Waals surface area contributed by atoms with Gasteiger partial charge >= 0.3 is 0 Å². The van der Waals surface area contributed by atoms with Gasteiger partial charge in [-0.25, -0.2) is 0 Å². The number of fused-ring (bicyclic) bond motifs is 3. The topological polar surface area (TPSA) is 172 Å². The summed E-state index contributed by atoms with van der Waals surface area (Å²) >= 11 is 0. The highest BCUT2D eigenvalue weighted by Gasteiger charge is 2.65. The number of amides is 1. The van der Waals surface area contributed by atoms with Crippen LogP contribution >= 0.6 is 0 Å². The van der Waals surface area contributed by atoms with E-state index in [1.54, 1.807) is 24.3 Å². The Kier molecular flexibility index (Phi) is 14.5. The number of hydrogen-bond acceptors (Lipinski definition) is 12. The molecule has 0 radical (unpaired) electrons. The predicted molar refractivity (Wildman–Crippen MR) is 239 cm³/mol. The van der Waals surface area contributed by atoms with Crippen molar-refractivity contribution in [3.63, 3.8) is 0 Å². The van der Waals surface area contributed by atoms with E-state index in [-0.39, 0.29) is 68.9 Å². The van der Waals surface area contributed by atoms with E-state index < -0.39 is 22.7 Å². The van der Waals surface area contributed by atoms with Crippen LogP contribution in [0.3, 0.4) is 0 Å². The second-order valence-corrected chi connectivity index (χ2v) is 17.7. The molecule has 2 heterocycles. The van der Waals surface area contributed by atoms with E-state index in [0.29, 0.717) is 59.6 Å². The molecule has 0 unspecified atom stereocenters. The molecule has 2 aliphatic heterocycles. The van der Waals surface area contributed by atoms with Crippen molar-refractivity contribution in [2.24, 2.45) is 28.8 Å². The number of ether oxygens (including phenoxy) is 5. The SMILES string of the molecule is C=CCO[C@@]12Oc3ccc(Oc4cccc([N+](=O)[O-])c4)cc3[C@H]3[C@H](CCCCO)[C@@H](CCCCO)C=C(C(=NOC)C[C@@H]1N(Cc1ccc4c(c1)OCO4)C(=O)CCC1CCCC1)[C@H]32. The number of unbranched alkanes of at least 4 members (excludes halogenated alkanes) is 2. The Morgan fingerprint density at radius 2 is 1.73 bits per heavy atom. The Balaban J connectivity index is 1.30. The van der Waals surface area contributed by atoms with E-state index in [2.05, 4.69) is 12.7 Å². The molecule has 2 fully saturated rings. The number of aliphatic hydroxyl groups is 2. The van der Waals surface area contributed by atoms with Gasteiger partial charge in [-0.3, -0.25) is 14.9 Å². The first kappa shape index (κ1) is 45.1. The first-order valence-electron chi connectivity index (χ1n) is 23.0. The van der Waals surface area contributed by atoms with Crippen LogP contribution in [0.5, 0.6) is 28.7 Å². The third-order valence-electron chi connectivity index (χ3n) is 13.8. The lowest BCUT2D eigenvalue weighted by atomic mass is 9.55. The first-order valence-corrected chi connectivity index (χ1v) is 23.0. The summed E-state index contributed by atoms with van der Waals surface area (Å²) in [7, 11) is 1.54. The number of nitrogens with zero attached hydrogens (tertiary/aromatic N) is 3. The number of nitro groups is 1. The number of carbonyl (C=O) groups is 1. The van der Waals surface area contributed by atoms with Crippen molar-refractivity contribution < 1.29 is 48.5 Å². The first-order chi connectivity index (χ1) is 31.3. The minimum atomic E-state index is -1.43. The van der Waals surface area contributed by atoms with Crippen molar-refractivity contribution in [1.29, 1.82) is 0 Å². The quantitative estimate of drug-likeness (QED) is 0.0452. The van der Waals surface area contributed by atoms with E-state index in [1.807, 2.05) is 35.2 Å². The number of non-ortho nitro benzene ring substituents is 1. The number of allylic oxidation sites excluding steroid dienone is 1. The second-order valence-electron chi connectivity index (χ2n) is 17.7.